The molecule has 62 heavy (non-hydrogen) atoms. The van der Waals surface area contributed by atoms with Crippen molar-refractivity contribution in [2.75, 3.05) is 51.3 Å². The summed E-state index contributed by atoms with van der Waals surface area (Å²) in [5, 5.41) is 17.0. The average Bonchev–Trinajstić information content (AvgIpc) is 3.52. The zero-order valence-electron chi connectivity index (χ0n) is 34.1. The van der Waals surface area contributed by atoms with Gasteiger partial charge in [0.25, 0.3) is 11.8 Å². The Hall–Kier alpha value is -6.46. The number of aromatic nitrogens is 2. The largest absolute Gasteiger partial charge is 0.387 e. The number of para-hydroxylation sites is 1. The SMILES string of the molecule is N=C/C(=C\NC1CCN(C(=O)CCCCNc2ccc3c(c2)C(=O)N(C2CCC(=O)NC2=O)C3=O)CC1)c1cnc2cccc(-c3cc(F)c(CN4CCOCC4)c(F)c3)c2n1. The van der Waals surface area contributed by atoms with Crippen molar-refractivity contribution in [3.8, 4) is 11.1 Å². The molecule has 4 N–H and O–H groups in total. The van der Waals surface area contributed by atoms with E-state index in [0.29, 0.717) is 117 Å². The number of benzene rings is 3. The van der Waals surface area contributed by atoms with Crippen LogP contribution >= 0.6 is 0 Å². The van der Waals surface area contributed by atoms with E-state index in [1.54, 1.807) is 48.8 Å². The summed E-state index contributed by atoms with van der Waals surface area (Å²) in [7, 11) is 0. The molecule has 0 saturated carbocycles. The van der Waals surface area contributed by atoms with Crippen molar-refractivity contribution >= 4 is 58.0 Å². The number of nitrogens with one attached hydrogen (secondary N) is 4. The smallest absolute Gasteiger partial charge is 0.262 e. The highest BCUT2D eigenvalue weighted by Crippen LogP contribution is 2.32. The molecule has 1 atom stereocenters. The number of unbranched alkanes of at least 4 members (excludes halogenated alkanes) is 1. The first-order valence-corrected chi connectivity index (χ1v) is 21.0. The van der Waals surface area contributed by atoms with Crippen molar-refractivity contribution in [3.63, 3.8) is 0 Å². The molecule has 0 spiro atoms. The average molecular weight is 848 g/mol. The summed E-state index contributed by atoms with van der Waals surface area (Å²) in [6.07, 6.45) is 7.78. The van der Waals surface area contributed by atoms with Crippen LogP contribution in [0.3, 0.4) is 0 Å². The Morgan fingerprint density at radius 3 is 2.42 bits per heavy atom. The van der Waals surface area contributed by atoms with Gasteiger partial charge in [0.05, 0.1) is 47.3 Å². The normalized spacial score (nSPS) is 18.9. The number of carbonyl (C=O) groups excluding carboxylic acids is 5. The number of hydrogen-bond donors (Lipinski definition) is 4. The first-order valence-electron chi connectivity index (χ1n) is 21.0. The van der Waals surface area contributed by atoms with Gasteiger partial charge < -0.3 is 25.7 Å². The fourth-order valence-electron chi connectivity index (χ4n) is 8.36. The third-order valence-corrected chi connectivity index (χ3v) is 11.9. The van der Waals surface area contributed by atoms with Crippen LogP contribution in [0.2, 0.25) is 0 Å². The minimum Gasteiger partial charge on any atom is -0.387 e. The van der Waals surface area contributed by atoms with Crippen LogP contribution in [-0.4, -0.2) is 118 Å². The number of ether oxygens (including phenoxy) is 1. The highest BCUT2D eigenvalue weighted by Gasteiger charge is 2.44. The summed E-state index contributed by atoms with van der Waals surface area (Å²) >= 11 is 0. The Balaban J connectivity index is 0.804. The Bertz CT molecular complexity index is 2440. The number of amides is 5. The second-order valence-corrected chi connectivity index (χ2v) is 15.9. The van der Waals surface area contributed by atoms with Crippen molar-refractivity contribution in [2.24, 2.45) is 0 Å². The molecule has 1 unspecified atom stereocenters. The molecule has 3 aromatic carbocycles. The zero-order chi connectivity index (χ0) is 43.3. The monoisotopic (exact) mass is 847 g/mol. The van der Waals surface area contributed by atoms with E-state index in [1.165, 1.54) is 18.3 Å². The van der Waals surface area contributed by atoms with Gasteiger partial charge in [-0.15, -0.1) is 0 Å². The van der Waals surface area contributed by atoms with Crippen molar-refractivity contribution in [1.29, 1.82) is 5.41 Å². The number of allylic oxidation sites excluding steroid dienone is 1. The number of piperidine rings is 2. The van der Waals surface area contributed by atoms with E-state index in [2.05, 4.69) is 20.9 Å². The van der Waals surface area contributed by atoms with E-state index < -0.39 is 41.3 Å². The van der Waals surface area contributed by atoms with E-state index >= 15 is 8.78 Å². The quantitative estimate of drug-likeness (QED) is 0.0785. The van der Waals surface area contributed by atoms with Crippen molar-refractivity contribution in [2.45, 2.75) is 63.6 Å². The lowest BCUT2D eigenvalue weighted by Crippen LogP contribution is -2.54. The lowest BCUT2D eigenvalue weighted by Gasteiger charge is -2.32. The fourth-order valence-corrected chi connectivity index (χ4v) is 8.36. The van der Waals surface area contributed by atoms with Crippen molar-refractivity contribution in [3.05, 3.63) is 94.9 Å². The van der Waals surface area contributed by atoms with E-state index in [9.17, 15) is 24.0 Å². The molecule has 4 aliphatic heterocycles. The van der Waals surface area contributed by atoms with Gasteiger partial charge in [-0.05, 0) is 74.1 Å². The summed E-state index contributed by atoms with van der Waals surface area (Å²) < 4.78 is 36.1. The number of nitrogens with zero attached hydrogens (tertiary/aromatic N) is 5. The first kappa shape index (κ1) is 42.2. The van der Waals surface area contributed by atoms with Crippen LogP contribution in [-0.2, 0) is 25.7 Å². The molecule has 322 valence electrons. The van der Waals surface area contributed by atoms with Gasteiger partial charge >= 0.3 is 0 Å². The number of anilines is 1. The first-order chi connectivity index (χ1) is 30.1. The Morgan fingerprint density at radius 2 is 1.68 bits per heavy atom. The molecule has 17 heteroatoms. The Kier molecular flexibility index (Phi) is 12.7. The predicted molar refractivity (Wildman–Crippen MR) is 226 cm³/mol. The molecular formula is C45H47F2N9O6. The Morgan fingerprint density at radius 1 is 0.919 bits per heavy atom. The van der Waals surface area contributed by atoms with Gasteiger partial charge in [0.1, 0.15) is 17.7 Å². The minimum atomic E-state index is -1.02. The molecule has 3 fully saturated rings. The highest BCUT2D eigenvalue weighted by atomic mass is 19.1. The second kappa shape index (κ2) is 18.7. The molecule has 0 aliphatic carbocycles. The maximum Gasteiger partial charge on any atom is 0.262 e. The number of halogens is 2. The van der Waals surface area contributed by atoms with Crippen LogP contribution in [0, 0.1) is 17.0 Å². The summed E-state index contributed by atoms with van der Waals surface area (Å²) in [4.78, 5) is 77.2. The molecule has 5 heterocycles. The molecule has 15 nitrogen and oxygen atoms in total. The van der Waals surface area contributed by atoms with Crippen LogP contribution in [0.4, 0.5) is 14.5 Å². The van der Waals surface area contributed by atoms with Crippen LogP contribution in [0.25, 0.3) is 27.7 Å². The predicted octanol–water partition coefficient (Wildman–Crippen LogP) is 4.66. The van der Waals surface area contributed by atoms with Crippen LogP contribution in [0.15, 0.2) is 60.9 Å². The molecule has 0 bridgehead atoms. The van der Waals surface area contributed by atoms with Gasteiger partial charge in [-0.1, -0.05) is 12.1 Å². The van der Waals surface area contributed by atoms with E-state index in [4.69, 9.17) is 15.1 Å². The number of likely N-dealkylation sites (tertiary alicyclic amines) is 1. The third-order valence-electron chi connectivity index (χ3n) is 11.9. The summed E-state index contributed by atoms with van der Waals surface area (Å²) in [6.45, 7) is 4.14. The zero-order valence-corrected chi connectivity index (χ0v) is 34.1. The van der Waals surface area contributed by atoms with E-state index in [-0.39, 0.29) is 48.0 Å². The molecule has 0 radical (unpaired) electrons. The van der Waals surface area contributed by atoms with Gasteiger partial charge in [0.15, 0.2) is 0 Å². The maximum absolute atomic E-state index is 15.4. The lowest BCUT2D eigenvalue weighted by atomic mass is 10.0. The van der Waals surface area contributed by atoms with Gasteiger partial charge in [0, 0.05) is 93.0 Å². The fraction of sp³-hybridized carbons (Fsp3) is 0.378. The third kappa shape index (κ3) is 9.09. The lowest BCUT2D eigenvalue weighted by molar-refractivity contribution is -0.136. The standard InChI is InChI=1S/C45H47F2N9O6/c46-35-20-27(21-36(47)34(35)26-54-16-18-62-19-17-54)31-4-3-5-37-42(31)52-38(25-51-37)28(23-48)24-50-29-11-14-55(15-12-29)41(58)6-1-2-13-49-30-7-8-32-33(22-30)45(61)56(44(32)60)39-9-10-40(57)53-43(39)59/h3-5,7-8,20-25,29,39,48-50H,1-2,6,9-19,26H2,(H,53,57,59)/b28-24+,48-23?. The number of morpholine rings is 1. The van der Waals surface area contributed by atoms with Gasteiger partial charge in [0.2, 0.25) is 17.7 Å². The topological polar surface area (TPSA) is 190 Å². The number of hydrogen-bond acceptors (Lipinski definition) is 12. The molecular weight excluding hydrogens is 801 g/mol. The molecule has 5 amide bonds. The van der Waals surface area contributed by atoms with Gasteiger partial charge in [-0.2, -0.15) is 0 Å². The second-order valence-electron chi connectivity index (χ2n) is 15.9. The van der Waals surface area contributed by atoms with Crippen LogP contribution in [0.1, 0.15) is 76.9 Å². The highest BCUT2D eigenvalue weighted by molar-refractivity contribution is 6.23. The minimum absolute atomic E-state index is 0.0151. The van der Waals surface area contributed by atoms with Crippen molar-refractivity contribution in [1.82, 2.24) is 35.3 Å². The number of rotatable bonds is 14. The van der Waals surface area contributed by atoms with Crippen molar-refractivity contribution < 1.29 is 37.5 Å². The number of imide groups is 2. The molecule has 4 aromatic rings. The molecule has 4 aliphatic rings. The van der Waals surface area contributed by atoms with E-state index in [0.717, 1.165) is 4.90 Å². The maximum atomic E-state index is 15.4. The number of fused-ring (bicyclic) bond motifs is 2. The Labute approximate surface area is 356 Å². The van der Waals surface area contributed by atoms with Crippen LogP contribution < -0.4 is 16.0 Å². The summed E-state index contributed by atoms with van der Waals surface area (Å²) in [6, 6.07) is 11.9. The van der Waals surface area contributed by atoms with Gasteiger partial charge in [-0.3, -0.25) is 44.1 Å². The summed E-state index contributed by atoms with van der Waals surface area (Å²) in [5.41, 5.74) is 3.85. The number of carbonyl (C=O) groups is 5. The van der Waals surface area contributed by atoms with Crippen LogP contribution in [0.5, 0.6) is 0 Å². The molecule has 8 rings (SSSR count). The van der Waals surface area contributed by atoms with E-state index in [1.807, 2.05) is 9.80 Å². The van der Waals surface area contributed by atoms with Gasteiger partial charge in [-0.25, -0.2) is 13.8 Å². The molecule has 1 aromatic heterocycles. The summed E-state index contributed by atoms with van der Waals surface area (Å²) in [5.74, 6) is -3.39. The molecule has 3 saturated heterocycles.